The summed E-state index contributed by atoms with van der Waals surface area (Å²) in [6.45, 7) is 1.95. The summed E-state index contributed by atoms with van der Waals surface area (Å²) in [5, 5.41) is 11.1. The van der Waals surface area contributed by atoms with Gasteiger partial charge in [0.05, 0.1) is 12.2 Å². The van der Waals surface area contributed by atoms with Crippen LogP contribution in [0.25, 0.3) is 11.3 Å². The number of rotatable bonds is 5. The van der Waals surface area contributed by atoms with Crippen LogP contribution in [0, 0.1) is 12.7 Å². The highest BCUT2D eigenvalue weighted by Crippen LogP contribution is 2.21. The number of nitrogens with zero attached hydrogens (tertiary/aromatic N) is 4. The quantitative estimate of drug-likeness (QED) is 0.759. The van der Waals surface area contributed by atoms with Gasteiger partial charge in [0.1, 0.15) is 17.3 Å². The van der Waals surface area contributed by atoms with Gasteiger partial charge in [-0.25, -0.2) is 23.1 Å². The fraction of sp³-hybridized carbons (Fsp3) is 0.176. The molecular weight excluding hydrogens is 331 g/mol. The Bertz CT molecular complexity index is 886. The Hall–Kier alpha value is -3.03. The van der Waals surface area contributed by atoms with Crippen LogP contribution in [0.3, 0.4) is 0 Å². The summed E-state index contributed by atoms with van der Waals surface area (Å²) in [6.07, 6.45) is -1.36. The van der Waals surface area contributed by atoms with Crippen molar-refractivity contribution in [2.24, 2.45) is 0 Å². The van der Waals surface area contributed by atoms with E-state index in [-0.39, 0.29) is 23.9 Å². The van der Waals surface area contributed by atoms with Crippen LogP contribution < -0.4 is 5.32 Å². The molecular formula is C17H14F3N5. The van der Waals surface area contributed by atoms with Gasteiger partial charge in [0.2, 0.25) is 0 Å². The Kier molecular flexibility index (Phi) is 4.87. The average molecular weight is 345 g/mol. The molecule has 1 aromatic carbocycles. The zero-order chi connectivity index (χ0) is 17.8. The number of hydrogen-bond acceptors (Lipinski definition) is 5. The molecule has 25 heavy (non-hydrogen) atoms. The van der Waals surface area contributed by atoms with Crippen LogP contribution in [-0.4, -0.2) is 20.2 Å². The third kappa shape index (κ3) is 4.09. The highest BCUT2D eigenvalue weighted by atomic mass is 19.3. The number of alkyl halides is 2. The predicted octanol–water partition coefficient (Wildman–Crippen LogP) is 3.93. The Morgan fingerprint density at radius 2 is 1.96 bits per heavy atom. The van der Waals surface area contributed by atoms with Crippen molar-refractivity contribution in [2.45, 2.75) is 19.9 Å². The Morgan fingerprint density at radius 1 is 1.12 bits per heavy atom. The standard InChI is InChI=1S/C17H14F3N5/c1-10-7-14(11-3-2-4-12(18)8-11)24-25-17(10)22-9-15-21-6-5-13(23-15)16(19)20/h2-8,16H,9H2,1H3,(H,22,25). The molecule has 0 fully saturated rings. The zero-order valence-electron chi connectivity index (χ0n) is 13.2. The number of hydrogen-bond donors (Lipinski definition) is 1. The van der Waals surface area contributed by atoms with Gasteiger partial charge in [-0.05, 0) is 36.8 Å². The summed E-state index contributed by atoms with van der Waals surface area (Å²) < 4.78 is 38.6. The minimum atomic E-state index is -2.64. The lowest BCUT2D eigenvalue weighted by Gasteiger charge is -2.09. The molecule has 1 N–H and O–H groups in total. The Morgan fingerprint density at radius 3 is 2.68 bits per heavy atom. The van der Waals surface area contributed by atoms with Crippen LogP contribution in [-0.2, 0) is 6.54 Å². The Balaban J connectivity index is 1.75. The number of nitrogens with one attached hydrogen (secondary N) is 1. The molecule has 0 saturated carbocycles. The molecule has 2 heterocycles. The molecule has 0 aliphatic carbocycles. The molecule has 0 saturated heterocycles. The topological polar surface area (TPSA) is 63.6 Å². The lowest BCUT2D eigenvalue weighted by Crippen LogP contribution is -2.09. The second kappa shape index (κ2) is 7.25. The first-order chi connectivity index (χ1) is 12.0. The molecule has 0 aliphatic heterocycles. The van der Waals surface area contributed by atoms with E-state index in [1.54, 1.807) is 18.2 Å². The molecule has 0 atom stereocenters. The monoisotopic (exact) mass is 345 g/mol. The maximum absolute atomic E-state index is 13.3. The fourth-order valence-corrected chi connectivity index (χ4v) is 2.23. The van der Waals surface area contributed by atoms with Gasteiger partial charge in [-0.15, -0.1) is 10.2 Å². The number of halogens is 3. The van der Waals surface area contributed by atoms with Crippen LogP contribution >= 0.6 is 0 Å². The van der Waals surface area contributed by atoms with E-state index in [1.807, 2.05) is 6.92 Å². The van der Waals surface area contributed by atoms with Crippen LogP contribution in [0.2, 0.25) is 0 Å². The van der Waals surface area contributed by atoms with Crippen molar-refractivity contribution in [3.05, 3.63) is 65.5 Å². The van der Waals surface area contributed by atoms with E-state index in [0.717, 1.165) is 5.56 Å². The maximum Gasteiger partial charge on any atom is 0.280 e. The second-order valence-electron chi connectivity index (χ2n) is 5.32. The summed E-state index contributed by atoms with van der Waals surface area (Å²) in [5.74, 6) is 0.356. The van der Waals surface area contributed by atoms with Crippen molar-refractivity contribution in [1.29, 1.82) is 0 Å². The van der Waals surface area contributed by atoms with Gasteiger partial charge < -0.3 is 5.32 Å². The molecule has 3 rings (SSSR count). The SMILES string of the molecule is Cc1cc(-c2cccc(F)c2)nnc1NCc1nccc(C(F)F)n1. The molecule has 0 amide bonds. The largest absolute Gasteiger partial charge is 0.361 e. The zero-order valence-corrected chi connectivity index (χ0v) is 13.2. The van der Waals surface area contributed by atoms with Crippen LogP contribution in [0.1, 0.15) is 23.5 Å². The fourth-order valence-electron chi connectivity index (χ4n) is 2.23. The van der Waals surface area contributed by atoms with Crippen molar-refractivity contribution in [2.75, 3.05) is 5.32 Å². The lowest BCUT2D eigenvalue weighted by atomic mass is 10.1. The third-order valence-electron chi connectivity index (χ3n) is 3.47. The third-order valence-corrected chi connectivity index (χ3v) is 3.47. The van der Waals surface area contributed by atoms with Crippen molar-refractivity contribution in [3.8, 4) is 11.3 Å². The molecule has 8 heteroatoms. The molecule has 0 aliphatic rings. The number of aryl methyl sites for hydroxylation is 1. The van der Waals surface area contributed by atoms with E-state index in [0.29, 0.717) is 17.1 Å². The summed E-state index contributed by atoms with van der Waals surface area (Å²) in [5.41, 5.74) is 1.61. The van der Waals surface area contributed by atoms with Gasteiger partial charge in [0.15, 0.2) is 5.82 Å². The summed E-state index contributed by atoms with van der Waals surface area (Å²) >= 11 is 0. The molecule has 128 valence electrons. The van der Waals surface area contributed by atoms with Gasteiger partial charge in [0.25, 0.3) is 6.43 Å². The highest BCUT2D eigenvalue weighted by molar-refractivity contribution is 5.61. The van der Waals surface area contributed by atoms with E-state index in [1.165, 1.54) is 24.4 Å². The number of benzene rings is 1. The highest BCUT2D eigenvalue weighted by Gasteiger charge is 2.11. The van der Waals surface area contributed by atoms with Crippen molar-refractivity contribution in [3.63, 3.8) is 0 Å². The van der Waals surface area contributed by atoms with E-state index >= 15 is 0 Å². The first kappa shape index (κ1) is 16.8. The van der Waals surface area contributed by atoms with Crippen LogP contribution in [0.4, 0.5) is 19.0 Å². The van der Waals surface area contributed by atoms with Crippen molar-refractivity contribution >= 4 is 5.82 Å². The normalized spacial score (nSPS) is 10.9. The predicted molar refractivity (Wildman–Crippen MR) is 86.5 cm³/mol. The minimum absolute atomic E-state index is 0.134. The van der Waals surface area contributed by atoms with Crippen LogP contribution in [0.5, 0.6) is 0 Å². The van der Waals surface area contributed by atoms with Crippen LogP contribution in [0.15, 0.2) is 42.6 Å². The second-order valence-corrected chi connectivity index (χ2v) is 5.32. The smallest absolute Gasteiger partial charge is 0.280 e. The van der Waals surface area contributed by atoms with Gasteiger partial charge in [0, 0.05) is 11.8 Å². The molecule has 2 aromatic heterocycles. The molecule has 0 bridgehead atoms. The first-order valence-corrected chi connectivity index (χ1v) is 7.47. The Labute approximate surface area is 142 Å². The molecule has 0 unspecified atom stereocenters. The van der Waals surface area contributed by atoms with Gasteiger partial charge in [-0.3, -0.25) is 0 Å². The summed E-state index contributed by atoms with van der Waals surface area (Å²) in [6, 6.07) is 9.01. The minimum Gasteiger partial charge on any atom is -0.361 e. The number of anilines is 1. The molecule has 0 radical (unpaired) electrons. The maximum atomic E-state index is 13.3. The van der Waals surface area contributed by atoms with Gasteiger partial charge in [-0.2, -0.15) is 0 Å². The molecule has 0 spiro atoms. The van der Waals surface area contributed by atoms with E-state index in [2.05, 4.69) is 25.5 Å². The summed E-state index contributed by atoms with van der Waals surface area (Å²) in [7, 11) is 0. The lowest BCUT2D eigenvalue weighted by molar-refractivity contribution is 0.145. The first-order valence-electron chi connectivity index (χ1n) is 7.47. The average Bonchev–Trinajstić information content (AvgIpc) is 2.61. The van der Waals surface area contributed by atoms with Crippen molar-refractivity contribution in [1.82, 2.24) is 20.2 Å². The molecule has 3 aromatic rings. The number of aromatic nitrogens is 4. The molecule has 5 nitrogen and oxygen atoms in total. The van der Waals surface area contributed by atoms with E-state index < -0.39 is 6.43 Å². The van der Waals surface area contributed by atoms with Gasteiger partial charge in [-0.1, -0.05) is 12.1 Å². The van der Waals surface area contributed by atoms with E-state index in [9.17, 15) is 13.2 Å². The van der Waals surface area contributed by atoms with Gasteiger partial charge >= 0.3 is 0 Å². The summed E-state index contributed by atoms with van der Waals surface area (Å²) in [4.78, 5) is 7.72. The van der Waals surface area contributed by atoms with Crippen molar-refractivity contribution < 1.29 is 13.2 Å². The van der Waals surface area contributed by atoms with E-state index in [4.69, 9.17) is 0 Å².